The zero-order valence-electron chi connectivity index (χ0n) is 5.91. The highest BCUT2D eigenvalue weighted by molar-refractivity contribution is 4.96. The van der Waals surface area contributed by atoms with E-state index >= 15 is 0 Å². The molecule has 0 bridgehead atoms. The Labute approximate surface area is 57.2 Å². The second-order valence-corrected chi connectivity index (χ2v) is 1.68. The summed E-state index contributed by atoms with van der Waals surface area (Å²) in [6.45, 7) is 7.23. The van der Waals surface area contributed by atoms with E-state index in [2.05, 4.69) is 23.7 Å². The first kappa shape index (κ1) is 8.26. The summed E-state index contributed by atoms with van der Waals surface area (Å²) in [6, 6.07) is 0. The van der Waals surface area contributed by atoms with Crippen LogP contribution in [0.4, 0.5) is 0 Å². The lowest BCUT2D eigenvalue weighted by Crippen LogP contribution is -2.14. The molecular formula is C8H13N. The Morgan fingerprint density at radius 1 is 1.67 bits per heavy atom. The summed E-state index contributed by atoms with van der Waals surface area (Å²) in [5.74, 6) is 5.72. The highest BCUT2D eigenvalue weighted by Crippen LogP contribution is 1.72. The van der Waals surface area contributed by atoms with Crippen molar-refractivity contribution in [2.75, 3.05) is 13.1 Å². The van der Waals surface area contributed by atoms with Gasteiger partial charge in [0.2, 0.25) is 0 Å². The van der Waals surface area contributed by atoms with Gasteiger partial charge in [0.1, 0.15) is 0 Å². The van der Waals surface area contributed by atoms with E-state index in [0.29, 0.717) is 0 Å². The Balaban J connectivity index is 2.88. The average Bonchev–Trinajstić information content (AvgIpc) is 1.89. The fourth-order valence-corrected chi connectivity index (χ4v) is 0.443. The lowest BCUT2D eigenvalue weighted by Gasteiger charge is -1.93. The summed E-state index contributed by atoms with van der Waals surface area (Å²) in [4.78, 5) is 0. The van der Waals surface area contributed by atoms with Gasteiger partial charge >= 0.3 is 0 Å². The van der Waals surface area contributed by atoms with E-state index in [-0.39, 0.29) is 0 Å². The summed E-state index contributed by atoms with van der Waals surface area (Å²) in [6.07, 6.45) is 2.91. The van der Waals surface area contributed by atoms with E-state index in [0.717, 1.165) is 19.5 Å². The van der Waals surface area contributed by atoms with E-state index in [9.17, 15) is 0 Å². The van der Waals surface area contributed by atoms with E-state index in [1.54, 1.807) is 0 Å². The molecule has 0 aromatic carbocycles. The molecule has 0 aliphatic carbocycles. The molecule has 0 fully saturated rings. The molecule has 0 rings (SSSR count). The van der Waals surface area contributed by atoms with Crippen LogP contribution in [0.3, 0.4) is 0 Å². The third-order valence-electron chi connectivity index (χ3n) is 0.915. The topological polar surface area (TPSA) is 12.0 Å². The number of hydrogen-bond donors (Lipinski definition) is 1. The molecule has 0 aromatic heterocycles. The zero-order chi connectivity index (χ0) is 6.95. The van der Waals surface area contributed by atoms with Crippen molar-refractivity contribution in [2.45, 2.75) is 13.3 Å². The molecule has 0 radical (unpaired) electrons. The van der Waals surface area contributed by atoms with Gasteiger partial charge in [0.25, 0.3) is 0 Å². The van der Waals surface area contributed by atoms with Crippen LogP contribution in [-0.2, 0) is 0 Å². The standard InChI is InChI=1S/C8H13N/c1-3-5-7-9-8-6-4-2/h3,9H,1,5,7-8H2,2H3. The smallest absolute Gasteiger partial charge is 0.0576 e. The third kappa shape index (κ3) is 7.26. The summed E-state index contributed by atoms with van der Waals surface area (Å²) < 4.78 is 0. The van der Waals surface area contributed by atoms with E-state index in [1.165, 1.54) is 0 Å². The van der Waals surface area contributed by atoms with Gasteiger partial charge in [0.05, 0.1) is 6.54 Å². The Morgan fingerprint density at radius 3 is 3.00 bits per heavy atom. The molecule has 1 nitrogen and oxygen atoms in total. The van der Waals surface area contributed by atoms with Crippen molar-refractivity contribution < 1.29 is 0 Å². The fraction of sp³-hybridized carbons (Fsp3) is 0.500. The molecule has 0 aliphatic rings. The van der Waals surface area contributed by atoms with Gasteiger partial charge in [-0.3, -0.25) is 0 Å². The summed E-state index contributed by atoms with van der Waals surface area (Å²) in [5.41, 5.74) is 0. The van der Waals surface area contributed by atoms with Crippen LogP contribution in [0, 0.1) is 11.8 Å². The van der Waals surface area contributed by atoms with Gasteiger partial charge in [-0.15, -0.1) is 12.5 Å². The van der Waals surface area contributed by atoms with E-state index in [1.807, 2.05) is 13.0 Å². The first-order chi connectivity index (χ1) is 4.41. The number of hydrogen-bond acceptors (Lipinski definition) is 1. The SMILES string of the molecule is C=CCCNCC#CC. The molecule has 0 saturated carbocycles. The second-order valence-electron chi connectivity index (χ2n) is 1.68. The molecule has 0 atom stereocenters. The molecule has 9 heavy (non-hydrogen) atoms. The van der Waals surface area contributed by atoms with E-state index in [4.69, 9.17) is 0 Å². The normalized spacial score (nSPS) is 7.67. The van der Waals surface area contributed by atoms with Crippen molar-refractivity contribution in [1.82, 2.24) is 5.32 Å². The quantitative estimate of drug-likeness (QED) is 0.336. The minimum absolute atomic E-state index is 0.796. The van der Waals surface area contributed by atoms with Crippen LogP contribution in [0.15, 0.2) is 12.7 Å². The largest absolute Gasteiger partial charge is 0.306 e. The van der Waals surface area contributed by atoms with Crippen LogP contribution in [0.2, 0.25) is 0 Å². The minimum Gasteiger partial charge on any atom is -0.306 e. The molecule has 0 heterocycles. The van der Waals surface area contributed by atoms with Crippen molar-refractivity contribution >= 4 is 0 Å². The molecule has 0 saturated heterocycles. The summed E-state index contributed by atoms with van der Waals surface area (Å²) in [5, 5.41) is 3.14. The first-order valence-electron chi connectivity index (χ1n) is 3.13. The lowest BCUT2D eigenvalue weighted by atomic mass is 10.4. The third-order valence-corrected chi connectivity index (χ3v) is 0.915. The highest BCUT2D eigenvalue weighted by atomic mass is 14.8. The number of rotatable bonds is 4. The van der Waals surface area contributed by atoms with Gasteiger partial charge in [0.15, 0.2) is 0 Å². The molecule has 1 N–H and O–H groups in total. The number of nitrogens with one attached hydrogen (secondary N) is 1. The van der Waals surface area contributed by atoms with Crippen LogP contribution >= 0.6 is 0 Å². The van der Waals surface area contributed by atoms with Crippen LogP contribution in [0.25, 0.3) is 0 Å². The Kier molecular flexibility index (Phi) is 6.66. The maximum atomic E-state index is 3.60. The van der Waals surface area contributed by atoms with Crippen LogP contribution in [-0.4, -0.2) is 13.1 Å². The van der Waals surface area contributed by atoms with Gasteiger partial charge in [-0.2, -0.15) is 0 Å². The van der Waals surface area contributed by atoms with Crippen molar-refractivity contribution in [1.29, 1.82) is 0 Å². The predicted molar refractivity (Wildman–Crippen MR) is 41.1 cm³/mol. The molecule has 0 unspecified atom stereocenters. The molecule has 0 aromatic rings. The summed E-state index contributed by atoms with van der Waals surface area (Å²) >= 11 is 0. The van der Waals surface area contributed by atoms with Gasteiger partial charge in [0, 0.05) is 0 Å². The van der Waals surface area contributed by atoms with Crippen molar-refractivity contribution in [3.05, 3.63) is 12.7 Å². The van der Waals surface area contributed by atoms with Crippen LogP contribution in [0.1, 0.15) is 13.3 Å². The summed E-state index contributed by atoms with van der Waals surface area (Å²) in [7, 11) is 0. The van der Waals surface area contributed by atoms with Gasteiger partial charge in [-0.1, -0.05) is 12.0 Å². The molecule has 1 heteroatoms. The average molecular weight is 123 g/mol. The molecule has 0 amide bonds. The maximum absolute atomic E-state index is 3.60. The lowest BCUT2D eigenvalue weighted by molar-refractivity contribution is 0.766. The Hall–Kier alpha value is -0.740. The highest BCUT2D eigenvalue weighted by Gasteiger charge is 1.76. The fourth-order valence-electron chi connectivity index (χ4n) is 0.443. The predicted octanol–water partition coefficient (Wildman–Crippen LogP) is 1.18. The van der Waals surface area contributed by atoms with Gasteiger partial charge < -0.3 is 5.32 Å². The minimum atomic E-state index is 0.796. The van der Waals surface area contributed by atoms with Crippen molar-refractivity contribution in [3.63, 3.8) is 0 Å². The molecular weight excluding hydrogens is 110 g/mol. The zero-order valence-corrected chi connectivity index (χ0v) is 5.91. The van der Waals surface area contributed by atoms with Gasteiger partial charge in [-0.25, -0.2) is 0 Å². The monoisotopic (exact) mass is 123 g/mol. The van der Waals surface area contributed by atoms with Gasteiger partial charge in [-0.05, 0) is 19.9 Å². The second kappa shape index (κ2) is 7.26. The molecule has 0 aliphatic heterocycles. The van der Waals surface area contributed by atoms with Crippen molar-refractivity contribution in [3.8, 4) is 11.8 Å². The Bertz CT molecular complexity index is 116. The molecule has 0 spiro atoms. The first-order valence-corrected chi connectivity index (χ1v) is 3.13. The Morgan fingerprint density at radius 2 is 2.44 bits per heavy atom. The maximum Gasteiger partial charge on any atom is 0.0576 e. The molecule has 50 valence electrons. The van der Waals surface area contributed by atoms with Crippen LogP contribution < -0.4 is 5.32 Å². The van der Waals surface area contributed by atoms with Crippen molar-refractivity contribution in [2.24, 2.45) is 0 Å². The van der Waals surface area contributed by atoms with Crippen LogP contribution in [0.5, 0.6) is 0 Å². The van der Waals surface area contributed by atoms with E-state index < -0.39 is 0 Å².